The van der Waals surface area contributed by atoms with Gasteiger partial charge in [-0.2, -0.15) is 13.2 Å². The second-order valence-corrected chi connectivity index (χ2v) is 7.05. The maximum atomic E-state index is 12.3. The predicted molar refractivity (Wildman–Crippen MR) is 75.5 cm³/mol. The third-order valence-electron chi connectivity index (χ3n) is 2.74. The van der Waals surface area contributed by atoms with Crippen LogP contribution in [0.4, 0.5) is 24.5 Å². The fraction of sp³-hybridized carbons (Fsp3) is 0.500. The summed E-state index contributed by atoms with van der Waals surface area (Å²) in [7, 11) is -0.872. The summed E-state index contributed by atoms with van der Waals surface area (Å²) in [6.07, 6.45) is -5.29. The van der Waals surface area contributed by atoms with E-state index >= 15 is 0 Å². The molecule has 0 radical (unpaired) electrons. The largest absolute Gasteiger partial charge is 0.397 e. The van der Waals surface area contributed by atoms with E-state index in [-0.39, 0.29) is 16.3 Å². The average molecular weight is 325 g/mol. The normalized spacial score (nSPS) is 14.2. The van der Waals surface area contributed by atoms with Crippen molar-refractivity contribution in [2.45, 2.75) is 30.5 Å². The first-order valence-electron chi connectivity index (χ1n) is 6.09. The van der Waals surface area contributed by atoms with Crippen LogP contribution in [-0.2, 0) is 10.0 Å². The number of halogens is 3. The molecule has 1 rings (SSSR count). The molecule has 0 heterocycles. The number of hydrogen-bond acceptors (Lipinski definition) is 4. The van der Waals surface area contributed by atoms with Crippen molar-refractivity contribution in [3.63, 3.8) is 0 Å². The van der Waals surface area contributed by atoms with Crippen LogP contribution in [-0.4, -0.2) is 39.0 Å². The fourth-order valence-corrected chi connectivity index (χ4v) is 2.64. The van der Waals surface area contributed by atoms with Gasteiger partial charge in [0.05, 0.1) is 22.7 Å². The van der Waals surface area contributed by atoms with Crippen LogP contribution < -0.4 is 11.1 Å². The highest BCUT2D eigenvalue weighted by molar-refractivity contribution is 7.89. The zero-order valence-electron chi connectivity index (χ0n) is 11.9. The number of sulfonamides is 1. The first-order valence-corrected chi connectivity index (χ1v) is 7.53. The number of nitrogen functional groups attached to an aromatic ring is 1. The molecule has 0 fully saturated rings. The van der Waals surface area contributed by atoms with Crippen molar-refractivity contribution < 1.29 is 21.6 Å². The summed E-state index contributed by atoms with van der Waals surface area (Å²) in [5, 5.41) is 2.62. The van der Waals surface area contributed by atoms with Crippen LogP contribution in [0, 0.1) is 0 Å². The zero-order valence-corrected chi connectivity index (χ0v) is 12.7. The van der Waals surface area contributed by atoms with Crippen LogP contribution in [0.1, 0.15) is 13.3 Å². The molecule has 0 aliphatic heterocycles. The minimum Gasteiger partial charge on any atom is -0.397 e. The van der Waals surface area contributed by atoms with Crippen LogP contribution in [0.15, 0.2) is 23.1 Å². The highest BCUT2D eigenvalue weighted by Gasteiger charge is 2.30. The first kappa shape index (κ1) is 17.6. The Morgan fingerprint density at radius 1 is 1.33 bits per heavy atom. The smallest absolute Gasteiger partial charge is 0.391 e. The number of nitrogens with two attached hydrogens (primary N) is 1. The van der Waals surface area contributed by atoms with Gasteiger partial charge in [-0.1, -0.05) is 0 Å². The van der Waals surface area contributed by atoms with E-state index in [2.05, 4.69) is 5.32 Å². The molecule has 0 saturated carbocycles. The molecule has 9 heteroatoms. The minimum atomic E-state index is -4.28. The SMILES string of the molecule is CC(CC(F)(F)F)Nc1ccc(S(=O)(=O)N(C)C)cc1N. The fourth-order valence-electron chi connectivity index (χ4n) is 1.71. The number of nitrogens with one attached hydrogen (secondary N) is 1. The van der Waals surface area contributed by atoms with Gasteiger partial charge in [0.2, 0.25) is 10.0 Å². The van der Waals surface area contributed by atoms with Gasteiger partial charge in [0.25, 0.3) is 0 Å². The molecule has 3 N–H and O–H groups in total. The standard InChI is InChI=1S/C12H18F3N3O2S/c1-8(7-12(13,14)15)17-11-5-4-9(6-10(11)16)21(19,20)18(2)3/h4-6,8,17H,7,16H2,1-3H3. The van der Waals surface area contributed by atoms with Gasteiger partial charge in [0, 0.05) is 20.1 Å². The molecule has 120 valence electrons. The van der Waals surface area contributed by atoms with E-state index in [0.717, 1.165) is 4.31 Å². The molecular formula is C12H18F3N3O2S. The summed E-state index contributed by atoms with van der Waals surface area (Å²) >= 11 is 0. The maximum absolute atomic E-state index is 12.3. The third-order valence-corrected chi connectivity index (χ3v) is 4.55. The highest BCUT2D eigenvalue weighted by atomic mass is 32.2. The van der Waals surface area contributed by atoms with Gasteiger partial charge in [-0.15, -0.1) is 0 Å². The summed E-state index contributed by atoms with van der Waals surface area (Å²) in [6, 6.07) is 3.01. The summed E-state index contributed by atoms with van der Waals surface area (Å²) in [5.41, 5.74) is 6.05. The summed E-state index contributed by atoms with van der Waals surface area (Å²) in [5.74, 6) is 0. The molecule has 0 amide bonds. The lowest BCUT2D eigenvalue weighted by molar-refractivity contribution is -0.136. The Kier molecular flexibility index (Phi) is 5.11. The van der Waals surface area contributed by atoms with Crippen LogP contribution in [0.3, 0.4) is 0 Å². The van der Waals surface area contributed by atoms with E-state index < -0.39 is 28.7 Å². The monoisotopic (exact) mass is 325 g/mol. The minimum absolute atomic E-state index is 0.0148. The molecule has 21 heavy (non-hydrogen) atoms. The van der Waals surface area contributed by atoms with Gasteiger partial charge in [0.15, 0.2) is 0 Å². The van der Waals surface area contributed by atoms with E-state index in [1.54, 1.807) is 0 Å². The molecular weight excluding hydrogens is 307 g/mol. The zero-order chi connectivity index (χ0) is 16.4. The molecule has 0 aromatic heterocycles. The van der Waals surface area contributed by atoms with Crippen LogP contribution in [0.5, 0.6) is 0 Å². The molecule has 0 bridgehead atoms. The maximum Gasteiger partial charge on any atom is 0.391 e. The quantitative estimate of drug-likeness (QED) is 0.814. The number of benzene rings is 1. The Balaban J connectivity index is 2.95. The van der Waals surface area contributed by atoms with E-state index in [4.69, 9.17) is 5.73 Å². The number of anilines is 2. The molecule has 0 aliphatic rings. The summed E-state index contributed by atoms with van der Waals surface area (Å²) < 4.78 is 61.6. The molecule has 1 unspecified atom stereocenters. The Labute approximate surface area is 122 Å². The van der Waals surface area contributed by atoms with Crippen LogP contribution >= 0.6 is 0 Å². The Morgan fingerprint density at radius 3 is 2.33 bits per heavy atom. The predicted octanol–water partition coefficient (Wildman–Crippen LogP) is 2.27. The lowest BCUT2D eigenvalue weighted by atomic mass is 10.2. The van der Waals surface area contributed by atoms with Gasteiger partial charge in [0.1, 0.15) is 0 Å². The van der Waals surface area contributed by atoms with Crippen molar-refractivity contribution in [3.05, 3.63) is 18.2 Å². The third kappa shape index (κ3) is 4.78. The van der Waals surface area contributed by atoms with Crippen molar-refractivity contribution in [2.24, 2.45) is 0 Å². The molecule has 0 spiro atoms. The van der Waals surface area contributed by atoms with Crippen molar-refractivity contribution >= 4 is 21.4 Å². The Bertz CT molecular complexity index is 600. The van der Waals surface area contributed by atoms with E-state index in [1.807, 2.05) is 0 Å². The van der Waals surface area contributed by atoms with Gasteiger partial charge >= 0.3 is 6.18 Å². The number of rotatable bonds is 5. The summed E-state index contributed by atoms with van der Waals surface area (Å²) in [4.78, 5) is -0.0148. The molecule has 1 atom stereocenters. The van der Waals surface area contributed by atoms with Gasteiger partial charge in [-0.25, -0.2) is 12.7 Å². The van der Waals surface area contributed by atoms with Crippen molar-refractivity contribution in [1.82, 2.24) is 4.31 Å². The van der Waals surface area contributed by atoms with E-state index in [0.29, 0.717) is 0 Å². The summed E-state index contributed by atoms with van der Waals surface area (Å²) in [6.45, 7) is 1.37. The van der Waals surface area contributed by atoms with E-state index in [9.17, 15) is 21.6 Å². The topological polar surface area (TPSA) is 75.4 Å². The molecule has 1 aromatic rings. The number of alkyl halides is 3. The highest BCUT2D eigenvalue weighted by Crippen LogP contribution is 2.27. The second-order valence-electron chi connectivity index (χ2n) is 4.90. The second kappa shape index (κ2) is 6.10. The molecule has 0 saturated heterocycles. The van der Waals surface area contributed by atoms with Crippen molar-refractivity contribution in [1.29, 1.82) is 0 Å². The molecule has 1 aromatic carbocycles. The van der Waals surface area contributed by atoms with Gasteiger partial charge in [-0.05, 0) is 25.1 Å². The van der Waals surface area contributed by atoms with Gasteiger partial charge in [-0.3, -0.25) is 0 Å². The van der Waals surface area contributed by atoms with Gasteiger partial charge < -0.3 is 11.1 Å². The number of hydrogen-bond donors (Lipinski definition) is 2. The van der Waals surface area contributed by atoms with Crippen molar-refractivity contribution in [2.75, 3.05) is 25.1 Å². The first-order chi connectivity index (χ1) is 9.43. The van der Waals surface area contributed by atoms with Crippen LogP contribution in [0.25, 0.3) is 0 Å². The Hall–Kier alpha value is -1.48. The lowest BCUT2D eigenvalue weighted by Gasteiger charge is -2.19. The van der Waals surface area contributed by atoms with Crippen molar-refractivity contribution in [3.8, 4) is 0 Å². The lowest BCUT2D eigenvalue weighted by Crippen LogP contribution is -2.25. The average Bonchev–Trinajstić information content (AvgIpc) is 2.28. The molecule has 5 nitrogen and oxygen atoms in total. The Morgan fingerprint density at radius 2 is 1.90 bits per heavy atom. The molecule has 0 aliphatic carbocycles. The number of nitrogens with zero attached hydrogens (tertiary/aromatic N) is 1. The van der Waals surface area contributed by atoms with E-state index in [1.165, 1.54) is 39.2 Å². The van der Waals surface area contributed by atoms with Crippen LogP contribution in [0.2, 0.25) is 0 Å².